The number of hydrogen-bond acceptors (Lipinski definition) is 7. The maximum absolute atomic E-state index is 12.6. The van der Waals surface area contributed by atoms with Crippen LogP contribution in [-0.4, -0.2) is 33.9 Å². The molecule has 0 fully saturated rings. The van der Waals surface area contributed by atoms with E-state index < -0.39 is 20.0 Å². The summed E-state index contributed by atoms with van der Waals surface area (Å²) >= 11 is 3.24. The van der Waals surface area contributed by atoms with Crippen LogP contribution in [0.15, 0.2) is 75.2 Å². The normalized spacial score (nSPS) is 11.7. The first-order chi connectivity index (χ1) is 13.7. The predicted molar refractivity (Wildman–Crippen MR) is 111 cm³/mol. The zero-order chi connectivity index (χ0) is 21.1. The van der Waals surface area contributed by atoms with Crippen molar-refractivity contribution in [2.24, 2.45) is 0 Å². The van der Waals surface area contributed by atoms with Gasteiger partial charge in [0.15, 0.2) is 0 Å². The average molecular weight is 499 g/mol. The standard InChI is InChI=1S/C17H15BrN4O5S2/c1-27-16-8-7-14(11-15(16)18)29(25,26)21-12-3-5-13(6-4-12)28(23,24)22-17-19-9-2-10-20-17/h2-11,21H,1H3,(H,19,20,22). The minimum absolute atomic E-state index is 0.0183. The lowest BCUT2D eigenvalue weighted by molar-refractivity contribution is 0.411. The van der Waals surface area contributed by atoms with Gasteiger partial charge in [-0.05, 0) is 64.5 Å². The highest BCUT2D eigenvalue weighted by molar-refractivity contribution is 9.10. The highest BCUT2D eigenvalue weighted by atomic mass is 79.9. The molecule has 0 bridgehead atoms. The first kappa shape index (κ1) is 21.0. The number of aromatic nitrogens is 2. The molecule has 0 aliphatic carbocycles. The lowest BCUT2D eigenvalue weighted by atomic mass is 10.3. The number of halogens is 1. The van der Waals surface area contributed by atoms with E-state index in [-0.39, 0.29) is 21.4 Å². The number of methoxy groups -OCH3 is 1. The van der Waals surface area contributed by atoms with E-state index in [0.717, 1.165) is 0 Å². The van der Waals surface area contributed by atoms with Gasteiger partial charge in [-0.25, -0.2) is 31.5 Å². The fraction of sp³-hybridized carbons (Fsp3) is 0.0588. The van der Waals surface area contributed by atoms with E-state index in [1.54, 1.807) is 6.07 Å². The number of sulfonamides is 2. The Labute approximate surface area is 176 Å². The zero-order valence-electron chi connectivity index (χ0n) is 14.9. The van der Waals surface area contributed by atoms with E-state index in [9.17, 15) is 16.8 Å². The van der Waals surface area contributed by atoms with Crippen LogP contribution in [0, 0.1) is 0 Å². The summed E-state index contributed by atoms with van der Waals surface area (Å²) in [5.74, 6) is 0.427. The second-order valence-corrected chi connectivity index (χ2v) is 9.82. The topological polar surface area (TPSA) is 127 Å². The lowest BCUT2D eigenvalue weighted by Gasteiger charge is -2.11. The smallest absolute Gasteiger partial charge is 0.264 e. The van der Waals surface area contributed by atoms with Gasteiger partial charge in [0, 0.05) is 18.1 Å². The molecule has 0 spiro atoms. The molecule has 0 atom stereocenters. The van der Waals surface area contributed by atoms with Gasteiger partial charge in [-0.15, -0.1) is 0 Å². The molecule has 0 saturated heterocycles. The van der Waals surface area contributed by atoms with Crippen molar-refractivity contribution in [3.05, 3.63) is 65.4 Å². The molecule has 2 N–H and O–H groups in total. The summed E-state index contributed by atoms with van der Waals surface area (Å²) in [6.45, 7) is 0. The Bertz CT molecular complexity index is 1220. The van der Waals surface area contributed by atoms with Crippen molar-refractivity contribution in [1.82, 2.24) is 9.97 Å². The van der Waals surface area contributed by atoms with E-state index >= 15 is 0 Å². The molecule has 0 saturated carbocycles. The molecule has 1 heterocycles. The SMILES string of the molecule is COc1ccc(S(=O)(=O)Nc2ccc(S(=O)(=O)Nc3ncccn3)cc2)cc1Br. The molecule has 152 valence electrons. The monoisotopic (exact) mass is 498 g/mol. The minimum atomic E-state index is -3.91. The van der Waals surface area contributed by atoms with Gasteiger partial charge in [-0.2, -0.15) is 0 Å². The molecule has 0 aliphatic heterocycles. The highest BCUT2D eigenvalue weighted by Crippen LogP contribution is 2.28. The maximum atomic E-state index is 12.6. The summed E-state index contributed by atoms with van der Waals surface area (Å²) in [6.07, 6.45) is 2.81. The van der Waals surface area contributed by atoms with Crippen LogP contribution in [0.25, 0.3) is 0 Å². The number of rotatable bonds is 7. The van der Waals surface area contributed by atoms with Crippen molar-refractivity contribution >= 4 is 47.6 Å². The Morgan fingerprint density at radius 2 is 1.45 bits per heavy atom. The summed E-state index contributed by atoms with van der Waals surface area (Å²) < 4.78 is 60.1. The quantitative estimate of drug-likeness (QED) is 0.512. The van der Waals surface area contributed by atoms with Gasteiger partial charge in [-0.3, -0.25) is 4.72 Å². The first-order valence-corrected chi connectivity index (χ1v) is 11.7. The van der Waals surface area contributed by atoms with E-state index in [2.05, 4.69) is 35.3 Å². The molecular weight excluding hydrogens is 484 g/mol. The zero-order valence-corrected chi connectivity index (χ0v) is 18.1. The summed E-state index contributed by atoms with van der Waals surface area (Å²) in [7, 11) is -6.32. The molecule has 3 aromatic rings. The molecule has 2 aromatic carbocycles. The fourth-order valence-corrected chi connectivity index (χ4v) is 5.00. The van der Waals surface area contributed by atoms with Crippen LogP contribution in [0.5, 0.6) is 5.75 Å². The molecule has 0 aliphatic rings. The summed E-state index contributed by atoms with van der Waals surface area (Å²) in [4.78, 5) is 7.55. The molecule has 9 nitrogen and oxygen atoms in total. The Kier molecular flexibility index (Phi) is 6.05. The number of benzene rings is 2. The van der Waals surface area contributed by atoms with Gasteiger partial charge in [0.1, 0.15) is 5.75 Å². The Hall–Kier alpha value is -2.70. The summed E-state index contributed by atoms with van der Waals surface area (Å²) in [5.41, 5.74) is 0.201. The summed E-state index contributed by atoms with van der Waals surface area (Å²) in [5, 5.41) is 0. The molecular formula is C17H15BrN4O5S2. The maximum Gasteiger partial charge on any atom is 0.264 e. The van der Waals surface area contributed by atoms with Crippen LogP contribution in [0.3, 0.4) is 0 Å². The van der Waals surface area contributed by atoms with Gasteiger partial charge in [0.25, 0.3) is 20.0 Å². The second-order valence-electron chi connectivity index (χ2n) is 5.60. The molecule has 0 amide bonds. The Morgan fingerprint density at radius 1 is 0.862 bits per heavy atom. The van der Waals surface area contributed by atoms with Crippen molar-refractivity contribution in [3.63, 3.8) is 0 Å². The third kappa shape index (κ3) is 5.02. The van der Waals surface area contributed by atoms with Crippen LogP contribution in [0.4, 0.5) is 11.6 Å². The number of hydrogen-bond donors (Lipinski definition) is 2. The van der Waals surface area contributed by atoms with Crippen LogP contribution in [0.1, 0.15) is 0 Å². The van der Waals surface area contributed by atoms with Gasteiger partial charge < -0.3 is 4.74 Å². The molecule has 29 heavy (non-hydrogen) atoms. The lowest BCUT2D eigenvalue weighted by Crippen LogP contribution is -2.15. The number of ether oxygens (including phenoxy) is 1. The minimum Gasteiger partial charge on any atom is -0.496 e. The van der Waals surface area contributed by atoms with Crippen LogP contribution < -0.4 is 14.2 Å². The molecule has 3 rings (SSSR count). The van der Waals surface area contributed by atoms with Crippen molar-refractivity contribution in [2.75, 3.05) is 16.6 Å². The fourth-order valence-electron chi connectivity index (χ4n) is 2.26. The Balaban J connectivity index is 1.79. The largest absolute Gasteiger partial charge is 0.496 e. The van der Waals surface area contributed by atoms with Crippen molar-refractivity contribution in [2.45, 2.75) is 9.79 Å². The first-order valence-electron chi connectivity index (χ1n) is 7.97. The Morgan fingerprint density at radius 3 is 2.03 bits per heavy atom. The molecule has 0 radical (unpaired) electrons. The van der Waals surface area contributed by atoms with Crippen LogP contribution in [0.2, 0.25) is 0 Å². The van der Waals surface area contributed by atoms with Crippen molar-refractivity contribution < 1.29 is 21.6 Å². The van der Waals surface area contributed by atoms with Crippen LogP contribution in [-0.2, 0) is 20.0 Å². The predicted octanol–water partition coefficient (Wildman–Crippen LogP) is 2.85. The second kappa shape index (κ2) is 8.35. The van der Waals surface area contributed by atoms with Crippen molar-refractivity contribution in [1.29, 1.82) is 0 Å². The average Bonchev–Trinajstić information content (AvgIpc) is 2.68. The van der Waals surface area contributed by atoms with Crippen LogP contribution >= 0.6 is 15.9 Å². The van der Waals surface area contributed by atoms with Gasteiger partial charge in [0.2, 0.25) is 5.95 Å². The third-order valence-corrected chi connectivity index (χ3v) is 6.98. The molecule has 0 unspecified atom stereocenters. The highest BCUT2D eigenvalue weighted by Gasteiger charge is 2.18. The van der Waals surface area contributed by atoms with Gasteiger partial charge >= 0.3 is 0 Å². The van der Waals surface area contributed by atoms with E-state index in [1.165, 1.54) is 62.0 Å². The van der Waals surface area contributed by atoms with Crippen molar-refractivity contribution in [3.8, 4) is 5.75 Å². The third-order valence-electron chi connectivity index (χ3n) is 3.64. The molecule has 12 heteroatoms. The van der Waals surface area contributed by atoms with E-state index in [4.69, 9.17) is 4.74 Å². The number of nitrogens with one attached hydrogen (secondary N) is 2. The van der Waals surface area contributed by atoms with Gasteiger partial charge in [0.05, 0.1) is 21.4 Å². The molecule has 1 aromatic heterocycles. The number of nitrogens with zero attached hydrogens (tertiary/aromatic N) is 2. The number of anilines is 2. The van der Waals surface area contributed by atoms with E-state index in [1.807, 2.05) is 0 Å². The summed E-state index contributed by atoms with van der Waals surface area (Å²) in [6, 6.07) is 11.1. The van der Waals surface area contributed by atoms with Gasteiger partial charge in [-0.1, -0.05) is 0 Å². The van der Waals surface area contributed by atoms with E-state index in [0.29, 0.717) is 10.2 Å².